The van der Waals surface area contributed by atoms with Crippen molar-refractivity contribution in [1.82, 2.24) is 15.1 Å². The quantitative estimate of drug-likeness (QED) is 0.534. The summed E-state index contributed by atoms with van der Waals surface area (Å²) in [5, 5.41) is 3.79. The predicted molar refractivity (Wildman–Crippen MR) is 107 cm³/mol. The molecule has 2 aliphatic heterocycles. The van der Waals surface area contributed by atoms with Gasteiger partial charge >= 0.3 is 6.18 Å². The molecule has 0 bridgehead atoms. The van der Waals surface area contributed by atoms with Crippen LogP contribution in [0.3, 0.4) is 0 Å². The fourth-order valence-electron chi connectivity index (χ4n) is 6.08. The lowest BCUT2D eigenvalue weighted by Gasteiger charge is -2.63. The first-order valence-electron chi connectivity index (χ1n) is 11.3. The Bertz CT molecular complexity index is 607. The molecule has 0 radical (unpaired) electrons. The molecule has 166 valence electrons. The van der Waals surface area contributed by atoms with Crippen molar-refractivity contribution >= 4 is 5.96 Å². The molecule has 4 atom stereocenters. The van der Waals surface area contributed by atoms with Crippen LogP contribution in [0.4, 0.5) is 13.2 Å². The maximum absolute atomic E-state index is 12.8. The Balaban J connectivity index is 1.36. The molecule has 2 aliphatic carbocycles. The minimum absolute atomic E-state index is 0.253. The number of guanidine groups is 1. The first-order chi connectivity index (χ1) is 13.9. The van der Waals surface area contributed by atoms with Gasteiger partial charge in [-0.05, 0) is 45.1 Å². The average molecular weight is 417 g/mol. The molecule has 1 N–H and O–H groups in total. The minimum atomic E-state index is -4.13. The van der Waals surface area contributed by atoms with Crippen molar-refractivity contribution in [2.24, 2.45) is 22.2 Å². The molecule has 2 saturated carbocycles. The second-order valence-corrected chi connectivity index (χ2v) is 9.29. The molecule has 4 aliphatic rings. The van der Waals surface area contributed by atoms with Gasteiger partial charge in [0, 0.05) is 50.2 Å². The molecule has 4 unspecified atom stereocenters. The van der Waals surface area contributed by atoms with Gasteiger partial charge in [0.15, 0.2) is 5.96 Å². The Morgan fingerprint density at radius 3 is 2.69 bits per heavy atom. The number of halogens is 3. The molecule has 0 aromatic rings. The van der Waals surface area contributed by atoms with Gasteiger partial charge in [0.05, 0.1) is 12.6 Å². The van der Waals surface area contributed by atoms with Crippen molar-refractivity contribution in [3.8, 4) is 0 Å². The molecule has 2 heterocycles. The lowest BCUT2D eigenvalue weighted by Crippen LogP contribution is -2.72. The number of ether oxygens (including phenoxy) is 1. The smallest absolute Gasteiger partial charge is 0.377 e. The molecule has 4 rings (SSSR count). The summed E-state index contributed by atoms with van der Waals surface area (Å²) in [6.45, 7) is 7.18. The van der Waals surface area contributed by atoms with Crippen LogP contribution in [0.5, 0.6) is 0 Å². The van der Waals surface area contributed by atoms with Crippen LogP contribution in [0.1, 0.15) is 46.0 Å². The van der Waals surface area contributed by atoms with Gasteiger partial charge in [0.2, 0.25) is 0 Å². The molecule has 0 aromatic heterocycles. The van der Waals surface area contributed by atoms with Crippen LogP contribution >= 0.6 is 0 Å². The zero-order valence-corrected chi connectivity index (χ0v) is 17.7. The van der Waals surface area contributed by atoms with Gasteiger partial charge in [-0.1, -0.05) is 13.3 Å². The van der Waals surface area contributed by atoms with Crippen LogP contribution in [0, 0.1) is 17.3 Å². The van der Waals surface area contributed by atoms with E-state index < -0.39 is 12.7 Å². The molecule has 0 aromatic carbocycles. The first-order valence-corrected chi connectivity index (χ1v) is 11.3. The molecule has 1 spiro atoms. The standard InChI is InChI=1S/C21H35F3N4O/c1-3-25-19(26-17-16-7-11-29-18(16)20(17)8-5-9-20)28-10-6-15(13-28)12-27(4-2)14-21(22,23)24/h15-18H,3-14H2,1-2H3,(H,25,26). The lowest BCUT2D eigenvalue weighted by atomic mass is 9.46. The molecule has 2 saturated heterocycles. The Kier molecular flexibility index (Phi) is 6.04. The van der Waals surface area contributed by atoms with E-state index >= 15 is 0 Å². The van der Waals surface area contributed by atoms with Crippen LogP contribution < -0.4 is 5.32 Å². The summed E-state index contributed by atoms with van der Waals surface area (Å²) in [5.74, 6) is 1.79. The summed E-state index contributed by atoms with van der Waals surface area (Å²) in [6, 6.07) is 0.436. The topological polar surface area (TPSA) is 40.1 Å². The zero-order valence-electron chi connectivity index (χ0n) is 17.7. The number of fused-ring (bicyclic) bond motifs is 2. The Labute approximate surface area is 172 Å². The van der Waals surface area contributed by atoms with Crippen molar-refractivity contribution in [2.45, 2.75) is 64.3 Å². The van der Waals surface area contributed by atoms with Crippen LogP contribution in [0.2, 0.25) is 0 Å². The number of nitrogens with zero attached hydrogens (tertiary/aromatic N) is 3. The van der Waals surface area contributed by atoms with E-state index in [9.17, 15) is 13.2 Å². The highest BCUT2D eigenvalue weighted by molar-refractivity contribution is 5.81. The third-order valence-electron chi connectivity index (χ3n) is 7.58. The highest BCUT2D eigenvalue weighted by Crippen LogP contribution is 2.62. The van der Waals surface area contributed by atoms with Gasteiger partial charge in [0.25, 0.3) is 0 Å². The summed E-state index contributed by atoms with van der Waals surface area (Å²) in [6.07, 6.45) is 2.07. The van der Waals surface area contributed by atoms with Crippen LogP contribution in [0.15, 0.2) is 4.99 Å². The summed E-state index contributed by atoms with van der Waals surface area (Å²) < 4.78 is 44.4. The van der Waals surface area contributed by atoms with Crippen LogP contribution in [-0.4, -0.2) is 80.0 Å². The monoisotopic (exact) mass is 416 g/mol. The highest BCUT2D eigenvalue weighted by Gasteiger charge is 2.67. The zero-order chi connectivity index (χ0) is 20.6. The SMILES string of the molecule is CCN=C(NC1C2CCOC2C12CCC2)N1CCC(CN(CC)CC(F)(F)F)C1. The van der Waals surface area contributed by atoms with Gasteiger partial charge < -0.3 is 15.0 Å². The Hall–Kier alpha value is -1.02. The number of likely N-dealkylation sites (tertiary alicyclic amines) is 1. The average Bonchev–Trinajstić information content (AvgIpc) is 3.23. The number of rotatable bonds is 6. The van der Waals surface area contributed by atoms with Crippen molar-refractivity contribution in [3.05, 3.63) is 0 Å². The number of nitrogens with one attached hydrogen (secondary N) is 1. The largest absolute Gasteiger partial charge is 0.401 e. The normalized spacial score (nSPS) is 33.7. The minimum Gasteiger partial charge on any atom is -0.377 e. The molecule has 0 amide bonds. The molecule has 29 heavy (non-hydrogen) atoms. The maximum atomic E-state index is 12.8. The van der Waals surface area contributed by atoms with Crippen molar-refractivity contribution < 1.29 is 17.9 Å². The van der Waals surface area contributed by atoms with Crippen molar-refractivity contribution in [3.63, 3.8) is 0 Å². The van der Waals surface area contributed by atoms with E-state index in [2.05, 4.69) is 10.2 Å². The third kappa shape index (κ3) is 4.11. The number of hydrogen-bond acceptors (Lipinski definition) is 3. The van der Waals surface area contributed by atoms with Crippen LogP contribution in [-0.2, 0) is 4.74 Å². The summed E-state index contributed by atoms with van der Waals surface area (Å²) in [4.78, 5) is 8.55. The summed E-state index contributed by atoms with van der Waals surface area (Å²) in [5.41, 5.74) is 0.292. The van der Waals surface area contributed by atoms with E-state index in [4.69, 9.17) is 9.73 Å². The fourth-order valence-corrected chi connectivity index (χ4v) is 6.08. The van der Waals surface area contributed by atoms with Gasteiger partial charge in [-0.25, -0.2) is 0 Å². The molecule has 5 nitrogen and oxygen atoms in total. The fraction of sp³-hybridized carbons (Fsp3) is 0.952. The number of alkyl halides is 3. The van der Waals surface area contributed by atoms with Crippen molar-refractivity contribution in [2.75, 3.05) is 45.9 Å². The number of aliphatic imine (C=N–C) groups is 1. The maximum Gasteiger partial charge on any atom is 0.401 e. The molecular weight excluding hydrogens is 381 g/mol. The summed E-state index contributed by atoms with van der Waals surface area (Å²) in [7, 11) is 0. The van der Waals surface area contributed by atoms with Crippen LogP contribution in [0.25, 0.3) is 0 Å². The Morgan fingerprint density at radius 1 is 1.28 bits per heavy atom. The van der Waals surface area contributed by atoms with Gasteiger partial charge in [0.1, 0.15) is 0 Å². The van der Waals surface area contributed by atoms with E-state index in [1.807, 2.05) is 6.92 Å². The van der Waals surface area contributed by atoms with Gasteiger partial charge in [-0.2, -0.15) is 13.2 Å². The second kappa shape index (κ2) is 8.25. The lowest BCUT2D eigenvalue weighted by molar-refractivity contribution is -0.171. The van der Waals surface area contributed by atoms with E-state index in [1.54, 1.807) is 6.92 Å². The van der Waals surface area contributed by atoms with Gasteiger partial charge in [-0.3, -0.25) is 9.89 Å². The molecular formula is C21H35F3N4O. The second-order valence-electron chi connectivity index (χ2n) is 9.29. The van der Waals surface area contributed by atoms with Crippen molar-refractivity contribution in [1.29, 1.82) is 0 Å². The Morgan fingerprint density at radius 2 is 2.07 bits per heavy atom. The highest BCUT2D eigenvalue weighted by atomic mass is 19.4. The van der Waals surface area contributed by atoms with E-state index in [-0.39, 0.29) is 5.92 Å². The number of hydrogen-bond donors (Lipinski definition) is 1. The predicted octanol–water partition coefficient (Wildman–Crippen LogP) is 3.12. The third-order valence-corrected chi connectivity index (χ3v) is 7.58. The molecule has 8 heteroatoms. The summed E-state index contributed by atoms with van der Waals surface area (Å²) >= 11 is 0. The molecule has 4 fully saturated rings. The van der Waals surface area contributed by atoms with E-state index in [0.717, 1.165) is 38.5 Å². The van der Waals surface area contributed by atoms with Gasteiger partial charge in [-0.15, -0.1) is 0 Å². The van der Waals surface area contributed by atoms with E-state index in [1.165, 1.54) is 24.2 Å². The first kappa shape index (κ1) is 21.2. The van der Waals surface area contributed by atoms with E-state index in [0.29, 0.717) is 43.1 Å².